The number of aromatic nitrogens is 1. The molecule has 9 nitrogen and oxygen atoms in total. The number of methoxy groups -OCH3 is 1. The Morgan fingerprint density at radius 3 is 2.76 bits per heavy atom. The highest BCUT2D eigenvalue weighted by atomic mass is 16.5. The fourth-order valence-electron chi connectivity index (χ4n) is 4.34. The zero-order valence-electron chi connectivity index (χ0n) is 18.6. The minimum absolute atomic E-state index is 0.0761. The quantitative estimate of drug-likeness (QED) is 0.462. The Kier molecular flexibility index (Phi) is 6.82. The van der Waals surface area contributed by atoms with E-state index in [2.05, 4.69) is 27.0 Å². The number of rotatable bonds is 9. The van der Waals surface area contributed by atoms with Gasteiger partial charge in [-0.15, -0.1) is 0 Å². The van der Waals surface area contributed by atoms with Gasteiger partial charge in [-0.2, -0.15) is 5.26 Å². The van der Waals surface area contributed by atoms with Crippen LogP contribution < -0.4 is 20.7 Å². The number of carbonyl (C=O) groups is 3. The second-order valence-corrected chi connectivity index (χ2v) is 8.87. The molecule has 1 aromatic heterocycles. The second-order valence-electron chi connectivity index (χ2n) is 8.87. The average molecular weight is 452 g/mol. The van der Waals surface area contributed by atoms with Crippen LogP contribution >= 0.6 is 0 Å². The molecule has 1 aliphatic heterocycles. The minimum Gasteiger partial charge on any atom is -0.496 e. The van der Waals surface area contributed by atoms with Gasteiger partial charge in [-0.3, -0.25) is 14.4 Å². The summed E-state index contributed by atoms with van der Waals surface area (Å²) >= 11 is 0. The first-order valence-corrected chi connectivity index (χ1v) is 11.4. The Hall–Kier alpha value is -3.54. The topological polar surface area (TPSA) is 136 Å². The van der Waals surface area contributed by atoms with Crippen molar-refractivity contribution in [1.82, 2.24) is 20.9 Å². The van der Waals surface area contributed by atoms with E-state index in [1.165, 1.54) is 0 Å². The van der Waals surface area contributed by atoms with Crippen LogP contribution in [0.2, 0.25) is 0 Å². The van der Waals surface area contributed by atoms with E-state index in [1.807, 2.05) is 18.2 Å². The Morgan fingerprint density at radius 1 is 1.24 bits per heavy atom. The van der Waals surface area contributed by atoms with Gasteiger partial charge in [0, 0.05) is 23.4 Å². The number of amides is 3. The summed E-state index contributed by atoms with van der Waals surface area (Å²) in [6.07, 6.45) is 4.38. The van der Waals surface area contributed by atoms with E-state index in [-0.39, 0.29) is 18.2 Å². The smallest absolute Gasteiger partial charge is 0.268 e. The van der Waals surface area contributed by atoms with Crippen LogP contribution in [0.25, 0.3) is 10.9 Å². The summed E-state index contributed by atoms with van der Waals surface area (Å²) in [6.45, 7) is 0.647. The number of hydrogen-bond acceptors (Lipinski definition) is 5. The molecule has 1 saturated heterocycles. The Morgan fingerprint density at radius 2 is 2.06 bits per heavy atom. The summed E-state index contributed by atoms with van der Waals surface area (Å²) in [5.41, 5.74) is 1.09. The number of fused-ring (bicyclic) bond motifs is 1. The van der Waals surface area contributed by atoms with E-state index < -0.39 is 23.9 Å². The maximum Gasteiger partial charge on any atom is 0.268 e. The predicted octanol–water partition coefficient (Wildman–Crippen LogP) is 2.00. The number of benzene rings is 1. The van der Waals surface area contributed by atoms with Crippen molar-refractivity contribution in [3.8, 4) is 11.8 Å². The lowest BCUT2D eigenvalue weighted by molar-refractivity contribution is -0.128. The summed E-state index contributed by atoms with van der Waals surface area (Å²) in [5, 5.41) is 18.7. The molecule has 2 aliphatic rings. The van der Waals surface area contributed by atoms with Gasteiger partial charge in [0.05, 0.1) is 13.2 Å². The van der Waals surface area contributed by atoms with Crippen molar-refractivity contribution in [2.45, 2.75) is 50.6 Å². The van der Waals surface area contributed by atoms with Crippen molar-refractivity contribution < 1.29 is 19.1 Å². The number of nitriles is 1. The van der Waals surface area contributed by atoms with Gasteiger partial charge in [0.2, 0.25) is 11.8 Å². The highest BCUT2D eigenvalue weighted by Gasteiger charge is 2.33. The maximum atomic E-state index is 13.0. The fraction of sp³-hybridized carbons (Fsp3) is 0.500. The Bertz CT molecular complexity index is 1080. The molecule has 1 saturated carbocycles. The number of piperidine rings is 1. The van der Waals surface area contributed by atoms with Crippen LogP contribution in [0.15, 0.2) is 24.3 Å². The van der Waals surface area contributed by atoms with Gasteiger partial charge < -0.3 is 25.7 Å². The number of nitrogens with zero attached hydrogens (tertiary/aromatic N) is 1. The van der Waals surface area contributed by atoms with Crippen LogP contribution in [-0.4, -0.2) is 48.4 Å². The van der Waals surface area contributed by atoms with Gasteiger partial charge in [-0.05, 0) is 49.8 Å². The highest BCUT2D eigenvalue weighted by Crippen LogP contribution is 2.34. The zero-order chi connectivity index (χ0) is 23.4. The third-order valence-corrected chi connectivity index (χ3v) is 6.37. The summed E-state index contributed by atoms with van der Waals surface area (Å²) in [6, 6.07) is 7.75. The molecule has 4 rings (SSSR count). The zero-order valence-corrected chi connectivity index (χ0v) is 18.6. The standard InChI is InChI=1S/C24H29N5O4/c1-33-21-6-2-5-18-17(21)12-20(28-18)24(32)29-19(10-14-7-8-14)23(31)27-16(13-25)11-15-4-3-9-26-22(15)30/h2,5-6,12,14-16,19,28H,3-4,7-11H2,1H3,(H,26,30)(H,27,31)(H,29,32)/t15-,16+,19-/m0/s1. The third kappa shape index (κ3) is 5.45. The van der Waals surface area contributed by atoms with Crippen molar-refractivity contribution in [2.24, 2.45) is 11.8 Å². The lowest BCUT2D eigenvalue weighted by Crippen LogP contribution is -2.50. The summed E-state index contributed by atoms with van der Waals surface area (Å²) in [4.78, 5) is 41.1. The first-order valence-electron chi connectivity index (χ1n) is 11.4. The van der Waals surface area contributed by atoms with Crippen molar-refractivity contribution in [3.05, 3.63) is 30.0 Å². The molecule has 3 amide bonds. The lowest BCUT2D eigenvalue weighted by atomic mass is 9.92. The number of H-pyrrole nitrogens is 1. The first kappa shape index (κ1) is 22.6. The van der Waals surface area contributed by atoms with Crippen molar-refractivity contribution in [2.75, 3.05) is 13.7 Å². The number of aromatic amines is 1. The van der Waals surface area contributed by atoms with Gasteiger partial charge >= 0.3 is 0 Å². The third-order valence-electron chi connectivity index (χ3n) is 6.37. The monoisotopic (exact) mass is 451 g/mol. The summed E-state index contributed by atoms with van der Waals surface area (Å²) < 4.78 is 5.35. The van der Waals surface area contributed by atoms with Crippen LogP contribution in [-0.2, 0) is 9.59 Å². The maximum absolute atomic E-state index is 13.0. The normalized spacial score (nSPS) is 19.8. The molecule has 0 unspecified atom stereocenters. The van der Waals surface area contributed by atoms with Gasteiger partial charge in [0.1, 0.15) is 23.5 Å². The highest BCUT2D eigenvalue weighted by molar-refractivity contribution is 6.01. The van der Waals surface area contributed by atoms with Gasteiger partial charge in [0.25, 0.3) is 5.91 Å². The molecular formula is C24H29N5O4. The SMILES string of the molecule is COc1cccc2[nH]c(C(=O)N[C@@H](CC3CC3)C(=O)N[C@@H](C#N)C[C@@H]3CCCNC3=O)cc12. The fourth-order valence-corrected chi connectivity index (χ4v) is 4.34. The molecule has 2 heterocycles. The van der Waals surface area contributed by atoms with Crippen molar-refractivity contribution in [3.63, 3.8) is 0 Å². The lowest BCUT2D eigenvalue weighted by Gasteiger charge is -2.25. The molecule has 0 bridgehead atoms. The molecule has 0 radical (unpaired) electrons. The van der Waals surface area contributed by atoms with Crippen LogP contribution in [0.3, 0.4) is 0 Å². The van der Waals surface area contributed by atoms with E-state index >= 15 is 0 Å². The minimum atomic E-state index is -0.790. The van der Waals surface area contributed by atoms with E-state index in [0.717, 1.165) is 30.2 Å². The van der Waals surface area contributed by atoms with Crippen LogP contribution in [0, 0.1) is 23.2 Å². The Labute approximate surface area is 192 Å². The van der Waals surface area contributed by atoms with Crippen LogP contribution in [0.5, 0.6) is 5.75 Å². The molecular weight excluding hydrogens is 422 g/mol. The van der Waals surface area contributed by atoms with E-state index in [4.69, 9.17) is 4.74 Å². The van der Waals surface area contributed by atoms with Crippen LogP contribution in [0.1, 0.15) is 49.0 Å². The molecule has 33 heavy (non-hydrogen) atoms. The number of hydrogen-bond donors (Lipinski definition) is 4. The molecule has 2 aromatic rings. The van der Waals surface area contributed by atoms with Gasteiger partial charge in [0.15, 0.2) is 0 Å². The predicted molar refractivity (Wildman–Crippen MR) is 121 cm³/mol. The van der Waals surface area contributed by atoms with E-state index in [9.17, 15) is 19.6 Å². The van der Waals surface area contributed by atoms with Crippen molar-refractivity contribution >= 4 is 28.6 Å². The second kappa shape index (κ2) is 9.94. The summed E-state index contributed by atoms with van der Waals surface area (Å²) in [7, 11) is 1.57. The molecule has 0 spiro atoms. The van der Waals surface area contributed by atoms with Crippen molar-refractivity contribution in [1.29, 1.82) is 5.26 Å². The molecule has 4 N–H and O–H groups in total. The Balaban J connectivity index is 1.43. The first-order chi connectivity index (χ1) is 16.0. The van der Waals surface area contributed by atoms with Gasteiger partial charge in [-0.1, -0.05) is 18.9 Å². The molecule has 174 valence electrons. The number of nitrogens with one attached hydrogen (secondary N) is 4. The van der Waals surface area contributed by atoms with E-state index in [1.54, 1.807) is 13.2 Å². The van der Waals surface area contributed by atoms with E-state index in [0.29, 0.717) is 36.7 Å². The average Bonchev–Trinajstić information content (AvgIpc) is 3.53. The van der Waals surface area contributed by atoms with Crippen LogP contribution in [0.4, 0.5) is 0 Å². The van der Waals surface area contributed by atoms with Gasteiger partial charge in [-0.25, -0.2) is 0 Å². The largest absolute Gasteiger partial charge is 0.496 e. The molecule has 9 heteroatoms. The number of carbonyl (C=O) groups excluding carboxylic acids is 3. The molecule has 2 fully saturated rings. The molecule has 1 aliphatic carbocycles. The molecule has 3 atom stereocenters. The summed E-state index contributed by atoms with van der Waals surface area (Å²) in [5.74, 6) is -0.123. The number of ether oxygens (including phenoxy) is 1. The molecule has 1 aromatic carbocycles.